The first-order valence-corrected chi connectivity index (χ1v) is 10.3. The number of aliphatic hydroxyl groups is 1. The van der Waals surface area contributed by atoms with Crippen LogP contribution in [0.1, 0.15) is 34.1 Å². The zero-order chi connectivity index (χ0) is 22.0. The molecule has 0 aliphatic carbocycles. The third kappa shape index (κ3) is 3.14. The van der Waals surface area contributed by atoms with Gasteiger partial charge in [0.2, 0.25) is 0 Å². The average molecular weight is 466 g/mol. The van der Waals surface area contributed by atoms with Crippen molar-refractivity contribution >= 4 is 49.8 Å². The number of amides is 1. The van der Waals surface area contributed by atoms with Crippen LogP contribution in [-0.4, -0.2) is 39.5 Å². The number of fused-ring (bicyclic) bond motifs is 4. The Morgan fingerprint density at radius 3 is 2.65 bits per heavy atom. The maximum atomic E-state index is 14.0. The highest BCUT2D eigenvalue weighted by Crippen LogP contribution is 2.38. The molecule has 1 aromatic carbocycles. The van der Waals surface area contributed by atoms with Crippen molar-refractivity contribution in [1.29, 1.82) is 0 Å². The van der Waals surface area contributed by atoms with E-state index < -0.39 is 35.4 Å². The minimum absolute atomic E-state index is 0.00124. The number of aliphatic hydroxyl groups excluding tert-OH is 1. The molecule has 3 aromatic heterocycles. The van der Waals surface area contributed by atoms with Gasteiger partial charge in [0.25, 0.3) is 11.5 Å². The maximum Gasteiger partial charge on any atom is 0.270 e. The smallest absolute Gasteiger partial charge is 0.270 e. The number of likely N-dealkylation sites (N-methyl/N-ethyl adjacent to an activating group) is 1. The van der Waals surface area contributed by atoms with Crippen LogP contribution < -0.4 is 5.56 Å². The molecule has 31 heavy (non-hydrogen) atoms. The fourth-order valence-corrected chi connectivity index (χ4v) is 5.05. The van der Waals surface area contributed by atoms with Gasteiger partial charge in [-0.2, -0.15) is 0 Å². The molecule has 0 unspecified atom stereocenters. The lowest BCUT2D eigenvalue weighted by molar-refractivity contribution is -0.129. The highest BCUT2D eigenvalue weighted by atomic mass is 35.5. The number of H-pyrrole nitrogens is 2. The standard InChI is InChI=1S/C20H14ClF2N3O4S/c1-26(19(28)12-4-14-11(24-12)5-15(21)31-14)13-6-30-20(29)17-16(13)7-2-9(22)10(23)3-8(7)18(27)25-17/h2-5,13,20,24,29H,6H2,1H3,(H,25,27)/t13-,20-/m0/s1. The number of aromatic amines is 2. The van der Waals surface area contributed by atoms with Crippen molar-refractivity contribution in [3.63, 3.8) is 0 Å². The topological polar surface area (TPSA) is 98.4 Å². The molecule has 0 radical (unpaired) electrons. The summed E-state index contributed by atoms with van der Waals surface area (Å²) in [6.07, 6.45) is -1.47. The molecular formula is C20H14ClF2N3O4S. The number of halogens is 3. The number of hydrogen-bond acceptors (Lipinski definition) is 5. The SMILES string of the molecule is CN(C(=O)c1cc2sc(Cl)cc2[nH]1)[C@H]1CO[C@H](O)c2[nH]c(=O)c3cc(F)c(F)cc3c21. The van der Waals surface area contributed by atoms with Gasteiger partial charge in [0, 0.05) is 12.6 Å². The number of carbonyl (C=O) groups excluding carboxylic acids is 1. The molecule has 0 saturated carbocycles. The number of nitrogens with zero attached hydrogens (tertiary/aromatic N) is 1. The van der Waals surface area contributed by atoms with Gasteiger partial charge in [-0.05, 0) is 29.7 Å². The maximum absolute atomic E-state index is 14.0. The summed E-state index contributed by atoms with van der Waals surface area (Å²) in [7, 11) is 1.52. The second-order valence-corrected chi connectivity index (χ2v) is 8.94. The number of nitrogens with one attached hydrogen (secondary N) is 2. The van der Waals surface area contributed by atoms with E-state index in [2.05, 4.69) is 9.97 Å². The number of carbonyl (C=O) groups is 1. The van der Waals surface area contributed by atoms with Gasteiger partial charge in [0.15, 0.2) is 17.9 Å². The Morgan fingerprint density at radius 2 is 1.94 bits per heavy atom. The molecule has 7 nitrogen and oxygen atoms in total. The molecule has 1 aliphatic heterocycles. The summed E-state index contributed by atoms with van der Waals surface area (Å²) in [4.78, 5) is 32.4. The first-order valence-electron chi connectivity index (χ1n) is 9.14. The third-order valence-electron chi connectivity index (χ3n) is 5.42. The number of rotatable bonds is 2. The van der Waals surface area contributed by atoms with Crippen LogP contribution >= 0.6 is 22.9 Å². The van der Waals surface area contributed by atoms with Crippen molar-refractivity contribution in [3.05, 3.63) is 67.5 Å². The summed E-state index contributed by atoms with van der Waals surface area (Å²) in [5.74, 6) is -2.70. The first kappa shape index (κ1) is 20.1. The lowest BCUT2D eigenvalue weighted by atomic mass is 9.94. The Morgan fingerprint density at radius 1 is 1.23 bits per heavy atom. The highest BCUT2D eigenvalue weighted by molar-refractivity contribution is 7.22. The van der Waals surface area contributed by atoms with E-state index in [1.165, 1.54) is 23.3 Å². The van der Waals surface area contributed by atoms with Crippen molar-refractivity contribution < 1.29 is 23.4 Å². The third-order valence-corrected chi connectivity index (χ3v) is 6.63. The van der Waals surface area contributed by atoms with Gasteiger partial charge < -0.3 is 24.7 Å². The first-order chi connectivity index (χ1) is 14.7. The van der Waals surface area contributed by atoms with Gasteiger partial charge in [-0.15, -0.1) is 11.3 Å². The predicted octanol–water partition coefficient (Wildman–Crippen LogP) is 3.84. The largest absolute Gasteiger partial charge is 0.363 e. The number of thiophene rings is 1. The minimum Gasteiger partial charge on any atom is -0.363 e. The van der Waals surface area contributed by atoms with Gasteiger partial charge >= 0.3 is 0 Å². The summed E-state index contributed by atoms with van der Waals surface area (Å²) in [5.41, 5.74) is 0.610. The van der Waals surface area contributed by atoms with E-state index in [0.717, 1.165) is 22.3 Å². The van der Waals surface area contributed by atoms with E-state index in [1.54, 1.807) is 12.1 Å². The normalized spacial score (nSPS) is 18.5. The van der Waals surface area contributed by atoms with Crippen molar-refractivity contribution in [2.45, 2.75) is 12.3 Å². The Bertz CT molecular complexity index is 1400. The Kier molecular flexibility index (Phi) is 4.63. The van der Waals surface area contributed by atoms with Crippen LogP contribution in [0.15, 0.2) is 29.1 Å². The van der Waals surface area contributed by atoms with Gasteiger partial charge in [0.05, 0.1) is 38.3 Å². The number of pyridine rings is 1. The van der Waals surface area contributed by atoms with Crippen molar-refractivity contribution in [2.24, 2.45) is 0 Å². The molecule has 0 fully saturated rings. The average Bonchev–Trinajstić information content (AvgIpc) is 3.27. The molecule has 2 atom stereocenters. The predicted molar refractivity (Wildman–Crippen MR) is 111 cm³/mol. The molecule has 5 rings (SSSR count). The van der Waals surface area contributed by atoms with E-state index in [9.17, 15) is 23.5 Å². The molecule has 1 amide bonds. The highest BCUT2D eigenvalue weighted by Gasteiger charge is 2.35. The molecule has 3 N–H and O–H groups in total. The quantitative estimate of drug-likeness (QED) is 0.419. The Labute approximate surface area is 181 Å². The van der Waals surface area contributed by atoms with Crippen LogP contribution in [0.25, 0.3) is 21.0 Å². The van der Waals surface area contributed by atoms with Crippen molar-refractivity contribution in [1.82, 2.24) is 14.9 Å². The monoisotopic (exact) mass is 465 g/mol. The van der Waals surface area contributed by atoms with E-state index in [4.69, 9.17) is 16.3 Å². The van der Waals surface area contributed by atoms with Gasteiger partial charge in [0.1, 0.15) is 5.69 Å². The van der Waals surface area contributed by atoms with Gasteiger partial charge in [-0.25, -0.2) is 8.78 Å². The molecule has 4 heterocycles. The molecule has 1 aliphatic rings. The van der Waals surface area contributed by atoms with E-state index in [0.29, 0.717) is 15.6 Å². The second-order valence-electron chi connectivity index (χ2n) is 7.22. The number of aromatic nitrogens is 2. The zero-order valence-corrected chi connectivity index (χ0v) is 17.4. The molecule has 0 saturated heterocycles. The van der Waals surface area contributed by atoms with Crippen molar-refractivity contribution in [2.75, 3.05) is 13.7 Å². The molecule has 0 bridgehead atoms. The molecule has 4 aromatic rings. The lowest BCUT2D eigenvalue weighted by Gasteiger charge is -2.35. The molecule has 0 spiro atoms. The minimum atomic E-state index is -1.47. The number of ether oxygens (including phenoxy) is 1. The van der Waals surface area contributed by atoms with Crippen LogP contribution in [0.5, 0.6) is 0 Å². The number of hydrogen-bond donors (Lipinski definition) is 3. The molecule has 11 heteroatoms. The van der Waals surface area contributed by atoms with Crippen LogP contribution in [0, 0.1) is 11.6 Å². The van der Waals surface area contributed by atoms with Crippen LogP contribution in [0.4, 0.5) is 8.78 Å². The summed E-state index contributed by atoms with van der Waals surface area (Å²) in [6.45, 7) is -0.114. The lowest BCUT2D eigenvalue weighted by Crippen LogP contribution is -2.39. The Hall–Kier alpha value is -2.79. The fourth-order valence-electron chi connectivity index (χ4n) is 3.91. The summed E-state index contributed by atoms with van der Waals surface area (Å²) in [6, 6.07) is 4.30. The van der Waals surface area contributed by atoms with Gasteiger partial charge in [-0.3, -0.25) is 9.59 Å². The van der Waals surface area contributed by atoms with Crippen molar-refractivity contribution in [3.8, 4) is 0 Å². The summed E-state index contributed by atoms with van der Waals surface area (Å²) >= 11 is 7.30. The summed E-state index contributed by atoms with van der Waals surface area (Å²) < 4.78 is 34.5. The van der Waals surface area contributed by atoms with Crippen LogP contribution in [0.2, 0.25) is 4.34 Å². The van der Waals surface area contributed by atoms with Gasteiger partial charge in [-0.1, -0.05) is 11.6 Å². The number of benzene rings is 1. The molecule has 160 valence electrons. The van der Waals surface area contributed by atoms with E-state index in [1.807, 2.05) is 0 Å². The zero-order valence-electron chi connectivity index (χ0n) is 15.8. The Balaban J connectivity index is 1.64. The molecular weight excluding hydrogens is 452 g/mol. The van der Waals surface area contributed by atoms with E-state index in [-0.39, 0.29) is 23.1 Å². The van der Waals surface area contributed by atoms with E-state index >= 15 is 0 Å². The van der Waals surface area contributed by atoms with Crippen LogP contribution in [-0.2, 0) is 4.74 Å². The summed E-state index contributed by atoms with van der Waals surface area (Å²) in [5, 5.41) is 10.2. The fraction of sp³-hybridized carbons (Fsp3) is 0.200. The second kappa shape index (κ2) is 7.13. The van der Waals surface area contributed by atoms with Crippen LogP contribution in [0.3, 0.4) is 0 Å².